The van der Waals surface area contributed by atoms with Gasteiger partial charge >= 0.3 is 6.03 Å². The van der Waals surface area contributed by atoms with Gasteiger partial charge in [0.2, 0.25) is 5.91 Å². The van der Waals surface area contributed by atoms with Crippen LogP contribution in [-0.2, 0) is 9.53 Å². The molecule has 7 nitrogen and oxygen atoms in total. The number of likely N-dealkylation sites (tertiary alicyclic amines) is 1. The number of para-hydroxylation sites is 1. The zero-order chi connectivity index (χ0) is 21.8. The van der Waals surface area contributed by atoms with E-state index in [0.29, 0.717) is 25.1 Å². The Hall–Kier alpha value is -2.12. The average Bonchev–Trinajstić information content (AvgIpc) is 3.54. The Balaban J connectivity index is 1.31. The van der Waals surface area contributed by atoms with Crippen LogP contribution in [-0.4, -0.2) is 85.2 Å². The minimum absolute atomic E-state index is 0.00656. The molecule has 2 atom stereocenters. The molecular weight excluding hydrogens is 392 g/mol. The lowest BCUT2D eigenvalue weighted by atomic mass is 9.93. The van der Waals surface area contributed by atoms with E-state index in [9.17, 15) is 9.59 Å². The molecule has 31 heavy (non-hydrogen) atoms. The van der Waals surface area contributed by atoms with Gasteiger partial charge in [0.15, 0.2) is 0 Å². The lowest BCUT2D eigenvalue weighted by molar-refractivity contribution is -0.143. The van der Waals surface area contributed by atoms with E-state index in [2.05, 4.69) is 10.2 Å². The lowest BCUT2D eigenvalue weighted by Crippen LogP contribution is -2.61. The fourth-order valence-corrected chi connectivity index (χ4v) is 5.03. The number of nitrogens with one attached hydrogen (secondary N) is 1. The molecule has 170 valence electrons. The first kappa shape index (κ1) is 22.1. The van der Waals surface area contributed by atoms with Crippen molar-refractivity contribution in [3.63, 3.8) is 0 Å². The molecule has 4 rings (SSSR count). The Bertz CT molecular complexity index is 757. The molecule has 2 saturated heterocycles. The number of ether oxygens (including phenoxy) is 1. The molecule has 2 aliphatic heterocycles. The summed E-state index contributed by atoms with van der Waals surface area (Å²) in [6.07, 6.45) is 6.40. The van der Waals surface area contributed by atoms with Crippen molar-refractivity contribution in [1.29, 1.82) is 0 Å². The molecule has 1 aliphatic carbocycles. The third-order valence-corrected chi connectivity index (χ3v) is 7.43. The van der Waals surface area contributed by atoms with Crippen LogP contribution in [0.15, 0.2) is 30.3 Å². The van der Waals surface area contributed by atoms with Crippen molar-refractivity contribution < 1.29 is 14.3 Å². The predicted molar refractivity (Wildman–Crippen MR) is 121 cm³/mol. The number of urea groups is 1. The van der Waals surface area contributed by atoms with Crippen molar-refractivity contribution in [1.82, 2.24) is 14.7 Å². The Morgan fingerprint density at radius 3 is 2.48 bits per heavy atom. The summed E-state index contributed by atoms with van der Waals surface area (Å²) in [6, 6.07) is 8.70. The SMILES string of the molecule is COC[C@H](CCN1CCC2(CC1)CC2)N1CCN(C(=O)Nc2ccccc2)[C@@H](C)C1=O. The summed E-state index contributed by atoms with van der Waals surface area (Å²) < 4.78 is 5.47. The maximum atomic E-state index is 13.2. The van der Waals surface area contributed by atoms with E-state index in [1.807, 2.05) is 42.2 Å². The van der Waals surface area contributed by atoms with Gasteiger partial charge in [-0.05, 0) is 69.7 Å². The summed E-state index contributed by atoms with van der Waals surface area (Å²) in [5.74, 6) is 0.00656. The summed E-state index contributed by atoms with van der Waals surface area (Å²) in [6.45, 7) is 6.78. The molecule has 3 amide bonds. The van der Waals surface area contributed by atoms with Crippen LogP contribution >= 0.6 is 0 Å². The summed E-state index contributed by atoms with van der Waals surface area (Å²) in [4.78, 5) is 32.0. The molecule has 1 aromatic carbocycles. The predicted octanol–water partition coefficient (Wildman–Crippen LogP) is 3.03. The summed E-state index contributed by atoms with van der Waals surface area (Å²) in [7, 11) is 1.70. The number of rotatable bonds is 7. The van der Waals surface area contributed by atoms with Gasteiger partial charge in [0.05, 0.1) is 12.6 Å². The van der Waals surface area contributed by atoms with Gasteiger partial charge in [0.1, 0.15) is 6.04 Å². The molecule has 2 heterocycles. The number of methoxy groups -OCH3 is 1. The van der Waals surface area contributed by atoms with Crippen molar-refractivity contribution in [3.05, 3.63) is 30.3 Å². The van der Waals surface area contributed by atoms with Crippen molar-refractivity contribution in [2.24, 2.45) is 5.41 Å². The molecule has 0 bridgehead atoms. The fraction of sp³-hybridized carbons (Fsp3) is 0.667. The number of piperazine rings is 1. The normalized spacial score (nSPS) is 24.3. The van der Waals surface area contributed by atoms with Crippen molar-refractivity contribution >= 4 is 17.6 Å². The molecule has 0 unspecified atom stereocenters. The van der Waals surface area contributed by atoms with Crippen LogP contribution in [0.5, 0.6) is 0 Å². The van der Waals surface area contributed by atoms with Crippen LogP contribution in [0.25, 0.3) is 0 Å². The monoisotopic (exact) mass is 428 g/mol. The summed E-state index contributed by atoms with van der Waals surface area (Å²) in [5, 5.41) is 2.90. The van der Waals surface area contributed by atoms with Crippen molar-refractivity contribution in [3.8, 4) is 0 Å². The van der Waals surface area contributed by atoms with Crippen molar-refractivity contribution in [2.45, 2.75) is 51.1 Å². The van der Waals surface area contributed by atoms with E-state index >= 15 is 0 Å². The summed E-state index contributed by atoms with van der Waals surface area (Å²) in [5.41, 5.74) is 1.42. The quantitative estimate of drug-likeness (QED) is 0.725. The van der Waals surface area contributed by atoms with E-state index in [-0.39, 0.29) is 18.0 Å². The van der Waals surface area contributed by atoms with Gasteiger partial charge in [-0.25, -0.2) is 4.79 Å². The largest absolute Gasteiger partial charge is 0.383 e. The van der Waals surface area contributed by atoms with Crippen LogP contribution in [0.1, 0.15) is 39.0 Å². The molecule has 1 aromatic rings. The molecule has 3 fully saturated rings. The van der Waals surface area contributed by atoms with E-state index in [1.165, 1.54) is 38.8 Å². The van der Waals surface area contributed by atoms with E-state index in [0.717, 1.165) is 18.7 Å². The van der Waals surface area contributed by atoms with Gasteiger partial charge in [-0.2, -0.15) is 0 Å². The average molecular weight is 429 g/mol. The smallest absolute Gasteiger partial charge is 0.322 e. The highest BCUT2D eigenvalue weighted by Crippen LogP contribution is 2.53. The minimum Gasteiger partial charge on any atom is -0.383 e. The van der Waals surface area contributed by atoms with Crippen LogP contribution in [0.2, 0.25) is 0 Å². The third-order valence-electron chi connectivity index (χ3n) is 7.43. The zero-order valence-electron chi connectivity index (χ0n) is 18.9. The molecule has 1 N–H and O–H groups in total. The number of amides is 3. The van der Waals surface area contributed by atoms with Gasteiger partial charge in [-0.3, -0.25) is 4.79 Å². The number of carbonyl (C=O) groups excluding carboxylic acids is 2. The van der Waals surface area contributed by atoms with Crippen molar-refractivity contribution in [2.75, 3.05) is 51.8 Å². The molecule has 1 saturated carbocycles. The minimum atomic E-state index is -0.485. The topological polar surface area (TPSA) is 65.1 Å². The van der Waals surface area contributed by atoms with E-state index < -0.39 is 6.04 Å². The number of nitrogens with zero attached hydrogens (tertiary/aromatic N) is 3. The fourth-order valence-electron chi connectivity index (χ4n) is 5.03. The van der Waals surface area contributed by atoms with Gasteiger partial charge in [-0.15, -0.1) is 0 Å². The second kappa shape index (κ2) is 9.57. The molecular formula is C24H36N4O3. The Morgan fingerprint density at radius 1 is 1.13 bits per heavy atom. The molecule has 3 aliphatic rings. The molecule has 0 radical (unpaired) electrons. The first-order valence-corrected chi connectivity index (χ1v) is 11.7. The van der Waals surface area contributed by atoms with Gasteiger partial charge in [0, 0.05) is 32.4 Å². The number of carbonyl (C=O) groups is 2. The van der Waals surface area contributed by atoms with Gasteiger partial charge in [-0.1, -0.05) is 18.2 Å². The zero-order valence-corrected chi connectivity index (χ0v) is 18.9. The van der Waals surface area contributed by atoms with Crippen LogP contribution in [0, 0.1) is 5.41 Å². The lowest BCUT2D eigenvalue weighted by Gasteiger charge is -2.43. The Morgan fingerprint density at radius 2 is 1.84 bits per heavy atom. The molecule has 0 aromatic heterocycles. The third kappa shape index (κ3) is 5.21. The van der Waals surface area contributed by atoms with E-state index in [1.54, 1.807) is 12.0 Å². The Kier molecular flexibility index (Phi) is 6.82. The second-order valence-electron chi connectivity index (χ2n) is 9.44. The van der Waals surface area contributed by atoms with Crippen LogP contribution < -0.4 is 5.32 Å². The van der Waals surface area contributed by atoms with E-state index in [4.69, 9.17) is 4.74 Å². The highest BCUT2D eigenvalue weighted by atomic mass is 16.5. The highest BCUT2D eigenvalue weighted by Gasteiger charge is 2.44. The number of hydrogen-bond acceptors (Lipinski definition) is 4. The second-order valence-corrected chi connectivity index (χ2v) is 9.44. The first-order chi connectivity index (χ1) is 15.0. The van der Waals surface area contributed by atoms with Crippen LogP contribution in [0.4, 0.5) is 10.5 Å². The molecule has 7 heteroatoms. The maximum absolute atomic E-state index is 13.2. The maximum Gasteiger partial charge on any atom is 0.322 e. The highest BCUT2D eigenvalue weighted by molar-refractivity contribution is 5.94. The first-order valence-electron chi connectivity index (χ1n) is 11.7. The van der Waals surface area contributed by atoms with Crippen LogP contribution in [0.3, 0.4) is 0 Å². The van der Waals surface area contributed by atoms with Gasteiger partial charge in [0.25, 0.3) is 0 Å². The Labute approximate surface area is 185 Å². The number of benzene rings is 1. The molecule has 1 spiro atoms. The standard InChI is InChI=1S/C24H36N4O3/c1-19-22(29)28(17-16-27(19)23(30)25-20-6-4-3-5-7-20)21(18-31-2)8-13-26-14-11-24(9-10-24)12-15-26/h3-7,19,21H,8-18H2,1-2H3,(H,25,30)/t19-,21-/m0/s1. The number of hydrogen-bond donors (Lipinski definition) is 1. The van der Waals surface area contributed by atoms with Gasteiger partial charge < -0.3 is 24.8 Å². The summed E-state index contributed by atoms with van der Waals surface area (Å²) >= 11 is 0. The number of piperidine rings is 1. The number of anilines is 1.